The van der Waals surface area contributed by atoms with Gasteiger partial charge in [-0.1, -0.05) is 23.7 Å². The number of halogens is 1. The van der Waals surface area contributed by atoms with Crippen molar-refractivity contribution in [3.63, 3.8) is 0 Å². The summed E-state index contributed by atoms with van der Waals surface area (Å²) in [6.07, 6.45) is 0. The van der Waals surface area contributed by atoms with E-state index in [1.54, 1.807) is 0 Å². The second-order valence-electron chi connectivity index (χ2n) is 4.87. The van der Waals surface area contributed by atoms with Crippen LogP contribution in [0.15, 0.2) is 24.3 Å². The maximum atomic E-state index is 6.12. The molecule has 2 aromatic rings. The van der Waals surface area contributed by atoms with Crippen LogP contribution in [-0.2, 0) is 0 Å². The van der Waals surface area contributed by atoms with Gasteiger partial charge in [0, 0.05) is 0 Å². The molecule has 0 aliphatic rings. The van der Waals surface area contributed by atoms with Crippen molar-refractivity contribution in [2.75, 3.05) is 5.73 Å². The molecular weight excluding hydrogens is 242 g/mol. The average Bonchev–Trinajstić information content (AvgIpc) is 2.31. The molecule has 0 saturated carbocycles. The Hall–Kier alpha value is -1.47. The monoisotopic (exact) mass is 259 g/mol. The van der Waals surface area contributed by atoms with Gasteiger partial charge in [-0.3, -0.25) is 0 Å². The predicted octanol–water partition coefficient (Wildman–Crippen LogP) is 4.82. The third-order valence-electron chi connectivity index (χ3n) is 3.66. The lowest BCUT2D eigenvalue weighted by molar-refractivity contribution is 1.24. The minimum absolute atomic E-state index is 0.616. The number of rotatable bonds is 1. The predicted molar refractivity (Wildman–Crippen MR) is 80.2 cm³/mol. The van der Waals surface area contributed by atoms with Crippen molar-refractivity contribution in [2.45, 2.75) is 27.7 Å². The summed E-state index contributed by atoms with van der Waals surface area (Å²) in [6.45, 7) is 8.59. The Morgan fingerprint density at radius 3 is 1.94 bits per heavy atom. The molecule has 0 saturated heterocycles. The summed E-state index contributed by atoms with van der Waals surface area (Å²) in [5.41, 5.74) is 14.0. The van der Waals surface area contributed by atoms with E-state index in [4.69, 9.17) is 17.3 Å². The number of hydrogen-bond donors (Lipinski definition) is 1. The Bertz CT molecular complexity index is 589. The van der Waals surface area contributed by atoms with Crippen molar-refractivity contribution in [1.29, 1.82) is 0 Å². The molecule has 94 valence electrons. The van der Waals surface area contributed by atoms with Crippen molar-refractivity contribution in [3.05, 3.63) is 51.5 Å². The molecule has 0 aliphatic carbocycles. The van der Waals surface area contributed by atoms with Gasteiger partial charge in [-0.15, -0.1) is 0 Å². The smallest absolute Gasteiger partial charge is 0.0641 e. The zero-order valence-electron chi connectivity index (χ0n) is 11.3. The van der Waals surface area contributed by atoms with Crippen molar-refractivity contribution in [2.24, 2.45) is 0 Å². The van der Waals surface area contributed by atoms with Crippen molar-refractivity contribution in [3.8, 4) is 11.1 Å². The van der Waals surface area contributed by atoms with Gasteiger partial charge >= 0.3 is 0 Å². The lowest BCUT2D eigenvalue weighted by Crippen LogP contribution is -1.96. The van der Waals surface area contributed by atoms with Gasteiger partial charge in [0.2, 0.25) is 0 Å². The molecule has 2 N–H and O–H groups in total. The normalized spacial score (nSPS) is 10.7. The summed E-state index contributed by atoms with van der Waals surface area (Å²) in [6, 6.07) is 8.09. The zero-order valence-corrected chi connectivity index (χ0v) is 12.0. The molecule has 0 radical (unpaired) electrons. The first-order valence-corrected chi connectivity index (χ1v) is 6.42. The fourth-order valence-electron chi connectivity index (χ4n) is 2.33. The number of anilines is 1. The molecule has 0 fully saturated rings. The summed E-state index contributed by atoms with van der Waals surface area (Å²) < 4.78 is 0. The molecule has 2 heteroatoms. The van der Waals surface area contributed by atoms with Crippen LogP contribution in [0, 0.1) is 27.7 Å². The van der Waals surface area contributed by atoms with Crippen LogP contribution in [0.4, 0.5) is 5.69 Å². The molecule has 2 aromatic carbocycles. The quantitative estimate of drug-likeness (QED) is 0.730. The summed E-state index contributed by atoms with van der Waals surface area (Å²) in [5.74, 6) is 0. The van der Waals surface area contributed by atoms with E-state index in [1.165, 1.54) is 27.8 Å². The number of aryl methyl sites for hydroxylation is 2. The van der Waals surface area contributed by atoms with Crippen LogP contribution in [0.1, 0.15) is 22.3 Å². The first-order chi connectivity index (χ1) is 8.41. The second-order valence-corrected chi connectivity index (χ2v) is 5.28. The molecule has 18 heavy (non-hydrogen) atoms. The third-order valence-corrected chi connectivity index (χ3v) is 3.98. The number of hydrogen-bond acceptors (Lipinski definition) is 1. The molecule has 0 unspecified atom stereocenters. The van der Waals surface area contributed by atoms with E-state index in [0.717, 1.165) is 5.56 Å². The van der Waals surface area contributed by atoms with Crippen molar-refractivity contribution >= 4 is 17.3 Å². The van der Waals surface area contributed by atoms with Crippen LogP contribution in [0.25, 0.3) is 11.1 Å². The molecule has 0 aliphatic heterocycles. The van der Waals surface area contributed by atoms with Crippen molar-refractivity contribution in [1.82, 2.24) is 0 Å². The fourth-order valence-corrected chi connectivity index (χ4v) is 2.51. The Morgan fingerprint density at radius 2 is 1.44 bits per heavy atom. The van der Waals surface area contributed by atoms with Crippen LogP contribution in [0.5, 0.6) is 0 Å². The number of nitrogen functional groups attached to an aromatic ring is 1. The molecule has 0 heterocycles. The molecule has 0 spiro atoms. The van der Waals surface area contributed by atoms with E-state index >= 15 is 0 Å². The zero-order chi connectivity index (χ0) is 13.4. The van der Waals surface area contributed by atoms with Gasteiger partial charge in [0.05, 0.1) is 10.7 Å². The lowest BCUT2D eigenvalue weighted by atomic mass is 9.90. The van der Waals surface area contributed by atoms with Crippen LogP contribution in [-0.4, -0.2) is 0 Å². The van der Waals surface area contributed by atoms with E-state index in [1.807, 2.05) is 18.2 Å². The third kappa shape index (κ3) is 2.11. The highest BCUT2D eigenvalue weighted by Crippen LogP contribution is 2.34. The van der Waals surface area contributed by atoms with Gasteiger partial charge in [0.25, 0.3) is 0 Å². The Balaban J connectivity index is 2.74. The highest BCUT2D eigenvalue weighted by Gasteiger charge is 2.11. The van der Waals surface area contributed by atoms with Gasteiger partial charge in [-0.05, 0) is 73.2 Å². The first-order valence-electron chi connectivity index (χ1n) is 6.04. The minimum Gasteiger partial charge on any atom is -0.398 e. The fraction of sp³-hybridized carbons (Fsp3) is 0.250. The van der Waals surface area contributed by atoms with Crippen LogP contribution >= 0.6 is 11.6 Å². The molecule has 0 aromatic heterocycles. The van der Waals surface area contributed by atoms with Gasteiger partial charge < -0.3 is 5.73 Å². The standard InChI is InChI=1S/C16H18ClN/c1-9-7-10(2)12(4)16(11(9)3)13-5-6-15(18)14(17)8-13/h5-8H,18H2,1-4H3. The Labute approximate surface area is 114 Å². The van der Waals surface area contributed by atoms with Gasteiger partial charge in [-0.25, -0.2) is 0 Å². The van der Waals surface area contributed by atoms with E-state index in [-0.39, 0.29) is 0 Å². The van der Waals surface area contributed by atoms with E-state index in [0.29, 0.717) is 10.7 Å². The van der Waals surface area contributed by atoms with E-state index in [9.17, 15) is 0 Å². The highest BCUT2D eigenvalue weighted by molar-refractivity contribution is 6.33. The molecule has 1 nitrogen and oxygen atoms in total. The molecular formula is C16H18ClN. The maximum Gasteiger partial charge on any atom is 0.0641 e. The summed E-state index contributed by atoms with van der Waals surface area (Å²) >= 11 is 6.12. The van der Waals surface area contributed by atoms with Crippen LogP contribution in [0.2, 0.25) is 5.02 Å². The summed E-state index contributed by atoms with van der Waals surface area (Å²) in [4.78, 5) is 0. The Morgan fingerprint density at radius 1 is 0.889 bits per heavy atom. The SMILES string of the molecule is Cc1cc(C)c(C)c(-c2ccc(N)c(Cl)c2)c1C. The van der Waals surface area contributed by atoms with E-state index in [2.05, 4.69) is 33.8 Å². The van der Waals surface area contributed by atoms with Crippen LogP contribution in [0.3, 0.4) is 0 Å². The molecule has 2 rings (SSSR count). The Kier molecular flexibility index (Phi) is 3.36. The molecule has 0 bridgehead atoms. The van der Waals surface area contributed by atoms with Gasteiger partial charge in [0.15, 0.2) is 0 Å². The van der Waals surface area contributed by atoms with Crippen LogP contribution < -0.4 is 5.73 Å². The van der Waals surface area contributed by atoms with Gasteiger partial charge in [-0.2, -0.15) is 0 Å². The summed E-state index contributed by atoms with van der Waals surface area (Å²) in [7, 11) is 0. The largest absolute Gasteiger partial charge is 0.398 e. The minimum atomic E-state index is 0.616. The lowest BCUT2D eigenvalue weighted by Gasteiger charge is -2.16. The number of nitrogens with two attached hydrogens (primary N) is 1. The molecule has 0 amide bonds. The maximum absolute atomic E-state index is 6.12. The topological polar surface area (TPSA) is 26.0 Å². The molecule has 0 atom stereocenters. The average molecular weight is 260 g/mol. The van der Waals surface area contributed by atoms with Gasteiger partial charge in [0.1, 0.15) is 0 Å². The van der Waals surface area contributed by atoms with E-state index < -0.39 is 0 Å². The second kappa shape index (κ2) is 4.66. The number of benzene rings is 2. The first kappa shape index (κ1) is 13.0. The highest BCUT2D eigenvalue weighted by atomic mass is 35.5. The van der Waals surface area contributed by atoms with Crippen molar-refractivity contribution < 1.29 is 0 Å². The summed E-state index contributed by atoms with van der Waals surface area (Å²) in [5, 5.41) is 0.616.